The molecule has 2 amide bonds. The van der Waals surface area contributed by atoms with Gasteiger partial charge in [-0.3, -0.25) is 14.5 Å². The van der Waals surface area contributed by atoms with Gasteiger partial charge in [-0.05, 0) is 80.0 Å². The van der Waals surface area contributed by atoms with Crippen LogP contribution in [0.2, 0.25) is 0 Å². The Morgan fingerprint density at radius 2 is 1.54 bits per heavy atom. The number of carbonyl (C=O) groups excluding carboxylic acids is 2. The van der Waals surface area contributed by atoms with E-state index in [-0.39, 0.29) is 23.7 Å². The lowest BCUT2D eigenvalue weighted by Crippen LogP contribution is -2.32. The molecule has 2 aromatic rings. The van der Waals surface area contributed by atoms with Crippen molar-refractivity contribution in [1.82, 2.24) is 0 Å². The topological polar surface area (TPSA) is 46.6 Å². The molecule has 1 aliphatic heterocycles. The van der Waals surface area contributed by atoms with Crippen molar-refractivity contribution < 1.29 is 14.3 Å². The van der Waals surface area contributed by atoms with Crippen LogP contribution in [-0.2, 0) is 9.59 Å². The highest BCUT2D eigenvalue weighted by Gasteiger charge is 2.61. The zero-order valence-electron chi connectivity index (χ0n) is 14.7. The Kier molecular flexibility index (Phi) is 3.42. The van der Waals surface area contributed by atoms with Crippen LogP contribution in [0.3, 0.4) is 0 Å². The van der Waals surface area contributed by atoms with Crippen molar-refractivity contribution in [2.45, 2.75) is 26.2 Å². The minimum absolute atomic E-state index is 0.000414. The normalized spacial score (nSPS) is 29.3. The lowest BCUT2D eigenvalue weighted by molar-refractivity contribution is -0.123. The molecule has 2 saturated carbocycles. The summed E-state index contributed by atoms with van der Waals surface area (Å²) in [5.41, 5.74) is 1.79. The van der Waals surface area contributed by atoms with Gasteiger partial charge >= 0.3 is 0 Å². The molecular weight excluding hydrogens is 326 g/mol. The van der Waals surface area contributed by atoms with Crippen LogP contribution in [0.5, 0.6) is 11.5 Å². The van der Waals surface area contributed by atoms with Gasteiger partial charge in [-0.2, -0.15) is 0 Å². The molecule has 132 valence electrons. The molecule has 0 aromatic heterocycles. The molecule has 1 saturated heterocycles. The molecule has 2 bridgehead atoms. The summed E-state index contributed by atoms with van der Waals surface area (Å²) >= 11 is 0. The first-order valence-corrected chi connectivity index (χ1v) is 9.34. The van der Waals surface area contributed by atoms with Crippen LogP contribution in [0.25, 0.3) is 0 Å². The van der Waals surface area contributed by atoms with Crippen molar-refractivity contribution in [2.75, 3.05) is 4.90 Å². The van der Waals surface area contributed by atoms with E-state index in [0.717, 1.165) is 30.6 Å². The Labute approximate surface area is 152 Å². The number of benzene rings is 2. The summed E-state index contributed by atoms with van der Waals surface area (Å²) in [5, 5.41) is 0. The molecule has 1 heterocycles. The predicted octanol–water partition coefficient (Wildman–Crippen LogP) is 4.32. The summed E-state index contributed by atoms with van der Waals surface area (Å²) < 4.78 is 5.86. The fourth-order valence-electron chi connectivity index (χ4n) is 5.14. The van der Waals surface area contributed by atoms with Crippen LogP contribution in [0.1, 0.15) is 24.8 Å². The van der Waals surface area contributed by atoms with Crippen LogP contribution < -0.4 is 9.64 Å². The minimum Gasteiger partial charge on any atom is -0.457 e. The summed E-state index contributed by atoms with van der Waals surface area (Å²) in [7, 11) is 0. The summed E-state index contributed by atoms with van der Waals surface area (Å²) in [6, 6.07) is 15.1. The minimum atomic E-state index is -0.0792. The number of amides is 2. The number of nitrogens with zero attached hydrogens (tertiary/aromatic N) is 1. The molecule has 4 nitrogen and oxygen atoms in total. The number of rotatable bonds is 3. The first-order valence-electron chi connectivity index (χ1n) is 9.34. The lowest BCUT2D eigenvalue weighted by atomic mass is 9.81. The van der Waals surface area contributed by atoms with Gasteiger partial charge in [0.05, 0.1) is 17.5 Å². The maximum atomic E-state index is 12.9. The van der Waals surface area contributed by atoms with E-state index in [9.17, 15) is 9.59 Å². The third kappa shape index (κ3) is 2.28. The van der Waals surface area contributed by atoms with Crippen LogP contribution in [-0.4, -0.2) is 11.8 Å². The second-order valence-electron chi connectivity index (χ2n) is 7.81. The number of hydrogen-bond donors (Lipinski definition) is 0. The summed E-state index contributed by atoms with van der Waals surface area (Å²) in [6.45, 7) is 2.02. The highest BCUT2D eigenvalue weighted by molar-refractivity contribution is 6.22. The van der Waals surface area contributed by atoms with Gasteiger partial charge in [-0.15, -0.1) is 0 Å². The number of hydrogen-bond acceptors (Lipinski definition) is 3. The molecule has 26 heavy (non-hydrogen) atoms. The van der Waals surface area contributed by atoms with E-state index in [0.29, 0.717) is 23.3 Å². The van der Waals surface area contributed by atoms with Gasteiger partial charge < -0.3 is 4.74 Å². The number of anilines is 1. The molecule has 5 rings (SSSR count). The zero-order chi connectivity index (χ0) is 17.8. The Morgan fingerprint density at radius 3 is 2.15 bits per heavy atom. The summed E-state index contributed by atoms with van der Waals surface area (Å²) in [5.74, 6) is 2.13. The third-order valence-electron chi connectivity index (χ3n) is 6.25. The number of aryl methyl sites for hydroxylation is 1. The molecule has 0 spiro atoms. The first-order chi connectivity index (χ1) is 12.6. The molecule has 2 aromatic carbocycles. The number of ether oxygens (including phenoxy) is 1. The van der Waals surface area contributed by atoms with E-state index in [4.69, 9.17) is 4.74 Å². The quantitative estimate of drug-likeness (QED) is 0.777. The molecule has 3 aliphatic rings. The largest absolute Gasteiger partial charge is 0.457 e. The third-order valence-corrected chi connectivity index (χ3v) is 6.25. The van der Waals surface area contributed by atoms with Crippen LogP contribution in [0.4, 0.5) is 5.69 Å². The van der Waals surface area contributed by atoms with Crippen molar-refractivity contribution in [3.63, 3.8) is 0 Å². The fourth-order valence-corrected chi connectivity index (χ4v) is 5.14. The van der Waals surface area contributed by atoms with E-state index < -0.39 is 0 Å². The number of imide groups is 1. The van der Waals surface area contributed by atoms with Crippen molar-refractivity contribution in [3.8, 4) is 11.5 Å². The average Bonchev–Trinajstić information content (AvgIpc) is 3.30. The molecule has 0 N–H and O–H groups in total. The average molecular weight is 347 g/mol. The Balaban J connectivity index is 1.38. The molecule has 2 aliphatic carbocycles. The van der Waals surface area contributed by atoms with E-state index >= 15 is 0 Å². The SMILES string of the molecule is Cc1cccc(Oc2ccc(N3C(=O)[C@@H]4[C@H]5CC[C@@H](C5)[C@@H]4C3=O)cc2)c1. The zero-order valence-corrected chi connectivity index (χ0v) is 14.7. The second kappa shape index (κ2) is 5.70. The van der Waals surface area contributed by atoms with Gasteiger partial charge in [0.1, 0.15) is 11.5 Å². The molecule has 4 heteroatoms. The Bertz CT molecular complexity index is 861. The molecule has 0 radical (unpaired) electrons. The van der Waals surface area contributed by atoms with E-state index in [1.165, 1.54) is 4.90 Å². The molecule has 3 fully saturated rings. The van der Waals surface area contributed by atoms with Crippen LogP contribution in [0.15, 0.2) is 48.5 Å². The van der Waals surface area contributed by atoms with Gasteiger partial charge in [0.15, 0.2) is 0 Å². The van der Waals surface area contributed by atoms with Gasteiger partial charge in [-0.1, -0.05) is 12.1 Å². The van der Waals surface area contributed by atoms with Crippen molar-refractivity contribution >= 4 is 17.5 Å². The summed E-state index contributed by atoms with van der Waals surface area (Å²) in [4.78, 5) is 27.2. The van der Waals surface area contributed by atoms with Crippen molar-refractivity contribution in [2.24, 2.45) is 23.7 Å². The number of fused-ring (bicyclic) bond motifs is 5. The van der Waals surface area contributed by atoms with Crippen LogP contribution >= 0.6 is 0 Å². The monoisotopic (exact) mass is 347 g/mol. The van der Waals surface area contributed by atoms with Gasteiger partial charge in [0.2, 0.25) is 11.8 Å². The number of carbonyl (C=O) groups is 2. The maximum Gasteiger partial charge on any atom is 0.237 e. The fraction of sp³-hybridized carbons (Fsp3) is 0.364. The molecule has 4 atom stereocenters. The lowest BCUT2D eigenvalue weighted by Gasteiger charge is -2.19. The standard InChI is InChI=1S/C22H21NO3/c1-13-3-2-4-18(11-13)26-17-9-7-16(8-10-17)23-21(24)19-14-5-6-15(12-14)20(19)22(23)25/h2-4,7-11,14-15,19-20H,5-6,12H2,1H3/t14-,15-,19-,20+/m0/s1. The highest BCUT2D eigenvalue weighted by atomic mass is 16.5. The predicted molar refractivity (Wildman–Crippen MR) is 98.0 cm³/mol. The van der Waals surface area contributed by atoms with Crippen LogP contribution in [0, 0.1) is 30.6 Å². The van der Waals surface area contributed by atoms with Gasteiger partial charge in [0, 0.05) is 0 Å². The van der Waals surface area contributed by atoms with Crippen molar-refractivity contribution in [1.29, 1.82) is 0 Å². The van der Waals surface area contributed by atoms with Gasteiger partial charge in [-0.25, -0.2) is 0 Å². The molecular formula is C22H21NO3. The van der Waals surface area contributed by atoms with E-state index in [2.05, 4.69) is 0 Å². The summed E-state index contributed by atoms with van der Waals surface area (Å²) in [6.07, 6.45) is 3.26. The van der Waals surface area contributed by atoms with E-state index in [1.54, 1.807) is 0 Å². The second-order valence-corrected chi connectivity index (χ2v) is 7.81. The van der Waals surface area contributed by atoms with Gasteiger partial charge in [0.25, 0.3) is 0 Å². The van der Waals surface area contributed by atoms with Crippen molar-refractivity contribution in [3.05, 3.63) is 54.1 Å². The molecule has 0 unspecified atom stereocenters. The Hall–Kier alpha value is -2.62. The highest BCUT2D eigenvalue weighted by Crippen LogP contribution is 2.56. The maximum absolute atomic E-state index is 12.9. The van der Waals surface area contributed by atoms with E-state index in [1.807, 2.05) is 55.5 Å². The smallest absolute Gasteiger partial charge is 0.237 e. The first kappa shape index (κ1) is 15.6. The Morgan fingerprint density at radius 1 is 0.885 bits per heavy atom.